The van der Waals surface area contributed by atoms with E-state index >= 15 is 0 Å². The van der Waals surface area contributed by atoms with Gasteiger partial charge in [-0.2, -0.15) is 0 Å². The third-order valence-corrected chi connectivity index (χ3v) is 7.18. The van der Waals surface area contributed by atoms with Crippen LogP contribution in [0.3, 0.4) is 0 Å². The zero-order chi connectivity index (χ0) is 30.2. The molecule has 5 rings (SSSR count). The fraction of sp³-hybridized carbons (Fsp3) is 0.182. The lowest BCUT2D eigenvalue weighted by Crippen LogP contribution is -2.38. The monoisotopic (exact) mass is 582 g/mol. The van der Waals surface area contributed by atoms with Crippen molar-refractivity contribution in [2.45, 2.75) is 25.6 Å². The Morgan fingerprint density at radius 2 is 1.57 bits per heavy atom. The van der Waals surface area contributed by atoms with Gasteiger partial charge >= 0.3 is 5.97 Å². The molecule has 1 amide bonds. The van der Waals surface area contributed by atoms with E-state index in [9.17, 15) is 14.7 Å². The maximum Gasteiger partial charge on any atom is 0.326 e. The average molecular weight is 583 g/mol. The highest BCUT2D eigenvalue weighted by Crippen LogP contribution is 2.39. The molecule has 8 nitrogen and oxygen atoms in total. The Kier molecular flexibility index (Phi) is 9.77. The van der Waals surface area contributed by atoms with Crippen LogP contribution in [0, 0.1) is 0 Å². The van der Waals surface area contributed by atoms with Crippen molar-refractivity contribution < 1.29 is 19.4 Å². The molecule has 5 N–H and O–H groups in total. The number of nitrogens with two attached hydrogens (primary N) is 2. The van der Waals surface area contributed by atoms with Crippen LogP contribution in [0.15, 0.2) is 97.1 Å². The Bertz CT molecular complexity index is 1560. The Morgan fingerprint density at radius 3 is 2.19 bits per heavy atom. The lowest BCUT2D eigenvalue weighted by molar-refractivity contribution is -0.138. The fourth-order valence-corrected chi connectivity index (χ4v) is 4.86. The zero-order valence-corrected chi connectivity index (χ0v) is 24.4. The zero-order valence-electron chi connectivity index (χ0n) is 23.6. The van der Waals surface area contributed by atoms with E-state index < -0.39 is 12.0 Å². The van der Waals surface area contributed by atoms with Gasteiger partial charge in [-0.15, -0.1) is 0 Å². The topological polar surface area (TPSA) is 122 Å². The molecule has 9 heteroatoms. The van der Waals surface area contributed by atoms with Gasteiger partial charge in [-0.25, -0.2) is 4.79 Å². The van der Waals surface area contributed by atoms with Crippen LogP contribution in [0.25, 0.3) is 0 Å². The highest BCUT2D eigenvalue weighted by molar-refractivity contribution is 7.80. The number of carboxylic acid groups (broad SMARTS) is 1. The van der Waals surface area contributed by atoms with Gasteiger partial charge in [-0.1, -0.05) is 66.8 Å². The second kappa shape index (κ2) is 13.6. The molecule has 42 heavy (non-hydrogen) atoms. The second-order valence-electron chi connectivity index (χ2n) is 10.1. The summed E-state index contributed by atoms with van der Waals surface area (Å²) in [5.41, 5.74) is 17.0. The number of aliphatic carboxylic acids is 1. The lowest BCUT2D eigenvalue weighted by atomic mass is 10.1. The Morgan fingerprint density at radius 1 is 0.905 bits per heavy atom. The maximum atomic E-state index is 12.0. The molecule has 0 saturated carbocycles. The highest BCUT2D eigenvalue weighted by atomic mass is 32.1. The molecule has 1 atom stereocenters. The quantitative estimate of drug-likeness (QED) is 0.241. The van der Waals surface area contributed by atoms with Gasteiger partial charge in [-0.3, -0.25) is 4.79 Å². The van der Waals surface area contributed by atoms with Crippen molar-refractivity contribution in [3.05, 3.63) is 125 Å². The van der Waals surface area contributed by atoms with Crippen molar-refractivity contribution in [3.8, 4) is 5.75 Å². The Hall–Kier alpha value is -4.89. The molecule has 0 saturated heterocycles. The number of benzene rings is 4. The number of anilines is 2. The van der Waals surface area contributed by atoms with Crippen molar-refractivity contribution in [2.24, 2.45) is 11.5 Å². The molecule has 216 valence electrons. The molecule has 0 fully saturated rings. The van der Waals surface area contributed by atoms with Crippen molar-refractivity contribution in [3.63, 3.8) is 0 Å². The van der Waals surface area contributed by atoms with E-state index in [-0.39, 0.29) is 5.91 Å². The van der Waals surface area contributed by atoms with Gasteiger partial charge in [0.2, 0.25) is 5.91 Å². The summed E-state index contributed by atoms with van der Waals surface area (Å²) >= 11 is 5.07. The largest absolute Gasteiger partial charge is 0.489 e. The number of hydrogen-bond donors (Lipinski definition) is 3. The molecule has 1 aliphatic heterocycles. The first-order chi connectivity index (χ1) is 20.1. The van der Waals surface area contributed by atoms with Crippen LogP contribution in [0.4, 0.5) is 11.4 Å². The van der Waals surface area contributed by atoms with E-state index in [2.05, 4.69) is 0 Å². The number of nitrogens with zero attached hydrogens (tertiary/aromatic N) is 2. The van der Waals surface area contributed by atoms with Crippen LogP contribution in [-0.2, 0) is 24.4 Å². The maximum absolute atomic E-state index is 12.0. The first-order valence-electron chi connectivity index (χ1n) is 13.4. The number of hydrogen-bond acceptors (Lipinski definition) is 6. The predicted molar refractivity (Wildman–Crippen MR) is 170 cm³/mol. The van der Waals surface area contributed by atoms with Crippen molar-refractivity contribution in [2.75, 3.05) is 23.9 Å². The summed E-state index contributed by atoms with van der Waals surface area (Å²) in [4.78, 5) is 26.9. The molecule has 0 aromatic heterocycles. The van der Waals surface area contributed by atoms with E-state index in [4.69, 9.17) is 28.4 Å². The summed E-state index contributed by atoms with van der Waals surface area (Å²) in [7, 11) is 3.89. The van der Waals surface area contributed by atoms with E-state index in [0.717, 1.165) is 39.4 Å². The highest BCUT2D eigenvalue weighted by Gasteiger charge is 2.36. The van der Waals surface area contributed by atoms with E-state index in [1.54, 1.807) is 12.1 Å². The van der Waals surface area contributed by atoms with Gasteiger partial charge in [-0.05, 0) is 53.6 Å². The third-order valence-electron chi connectivity index (χ3n) is 6.95. The minimum absolute atomic E-state index is 0.324. The number of carbonyl (C=O) groups is 2. The van der Waals surface area contributed by atoms with Crippen LogP contribution in [0.2, 0.25) is 0 Å². The van der Waals surface area contributed by atoms with Gasteiger partial charge in [0.1, 0.15) is 23.4 Å². The van der Waals surface area contributed by atoms with Crippen LogP contribution in [0.1, 0.15) is 32.6 Å². The molecule has 1 unspecified atom stereocenters. The van der Waals surface area contributed by atoms with Gasteiger partial charge in [0, 0.05) is 55.1 Å². The summed E-state index contributed by atoms with van der Waals surface area (Å²) in [5, 5.41) is 9.85. The first kappa shape index (κ1) is 30.1. The molecule has 0 radical (unpaired) electrons. The number of rotatable bonds is 9. The number of carboxylic acids is 1. The SMILES string of the molecule is CN(C)c1ccc(C(N)=O)cc1.NC(=S)c1cccc(CN2c3cccc(OCc4ccccc4)c3CC2C(=O)O)c1. The second-order valence-corrected chi connectivity index (χ2v) is 10.5. The summed E-state index contributed by atoms with van der Waals surface area (Å²) in [6.07, 6.45) is 0.393. The van der Waals surface area contributed by atoms with Crippen LogP contribution >= 0.6 is 12.2 Å². The van der Waals surface area contributed by atoms with Crippen LogP contribution < -0.4 is 26.0 Å². The molecular formula is C33H34N4O4S. The van der Waals surface area contributed by atoms with Crippen molar-refractivity contribution in [1.29, 1.82) is 0 Å². The molecule has 4 aromatic carbocycles. The fourth-order valence-electron chi connectivity index (χ4n) is 4.73. The minimum Gasteiger partial charge on any atom is -0.489 e. The molecule has 0 bridgehead atoms. The van der Waals surface area contributed by atoms with Crippen LogP contribution in [0.5, 0.6) is 5.75 Å². The number of amides is 1. The molecule has 4 aromatic rings. The van der Waals surface area contributed by atoms with Gasteiger partial charge in [0.15, 0.2) is 0 Å². The van der Waals surface area contributed by atoms with E-state index in [1.807, 2.05) is 109 Å². The van der Waals surface area contributed by atoms with E-state index in [1.165, 1.54) is 0 Å². The number of ether oxygens (including phenoxy) is 1. The Labute approximate surface area is 251 Å². The van der Waals surface area contributed by atoms with Gasteiger partial charge in [0.05, 0.1) is 0 Å². The van der Waals surface area contributed by atoms with Gasteiger partial charge < -0.3 is 31.1 Å². The molecule has 0 aliphatic carbocycles. The number of carbonyl (C=O) groups excluding carboxylic acids is 1. The van der Waals surface area contributed by atoms with E-state index in [0.29, 0.717) is 30.1 Å². The van der Waals surface area contributed by atoms with Crippen LogP contribution in [-0.4, -0.2) is 42.1 Å². The summed E-state index contributed by atoms with van der Waals surface area (Å²) < 4.78 is 6.06. The number of fused-ring (bicyclic) bond motifs is 1. The normalized spacial score (nSPS) is 13.4. The molecule has 1 heterocycles. The predicted octanol–water partition coefficient (Wildman–Crippen LogP) is 4.77. The number of thiocarbonyl (C=S) groups is 1. The summed E-state index contributed by atoms with van der Waals surface area (Å²) in [6.45, 7) is 0.883. The minimum atomic E-state index is -0.856. The summed E-state index contributed by atoms with van der Waals surface area (Å²) in [6, 6.07) is 29.8. The molecular weight excluding hydrogens is 548 g/mol. The lowest BCUT2D eigenvalue weighted by Gasteiger charge is -2.25. The Balaban J connectivity index is 0.000000283. The number of primary amides is 1. The average Bonchev–Trinajstić information content (AvgIpc) is 3.36. The third kappa shape index (κ3) is 7.44. The van der Waals surface area contributed by atoms with Crippen molar-refractivity contribution in [1.82, 2.24) is 0 Å². The first-order valence-corrected chi connectivity index (χ1v) is 13.8. The molecule has 1 aliphatic rings. The molecule has 0 spiro atoms. The summed E-state index contributed by atoms with van der Waals surface area (Å²) in [5.74, 6) is -0.520. The van der Waals surface area contributed by atoms with Crippen molar-refractivity contribution >= 4 is 40.5 Å². The smallest absolute Gasteiger partial charge is 0.326 e. The standard InChI is InChI=1S/C24H22N2O3S.C9H12N2O/c25-23(30)18-9-4-8-17(12-18)14-26-20-10-5-11-22(19(20)13-21(26)24(27)28)29-15-16-6-2-1-3-7-16;1-11(2)8-5-3-7(4-6-8)9(10)12/h1-12,21H,13-15H2,(H2,25,30)(H,27,28);3-6H,1-2H3,(H2,10,12). The van der Waals surface area contributed by atoms with Gasteiger partial charge in [0.25, 0.3) is 0 Å².